The lowest BCUT2D eigenvalue weighted by molar-refractivity contribution is 0.670. The topological polar surface area (TPSA) is 29.0 Å². The first kappa shape index (κ1) is 12.0. The van der Waals surface area contributed by atoms with Crippen LogP contribution in [0.15, 0.2) is 18.6 Å². The monoisotopic (exact) mass is 207 g/mol. The van der Waals surface area contributed by atoms with Gasteiger partial charge in [0.05, 0.1) is 0 Å². The Kier molecular flexibility index (Phi) is 5.74. The molecule has 1 heterocycles. The van der Waals surface area contributed by atoms with Crippen molar-refractivity contribution in [3.8, 4) is 0 Å². The fourth-order valence-corrected chi connectivity index (χ4v) is 1.51. The smallest absolute Gasteiger partial charge is 0.131 e. The van der Waals surface area contributed by atoms with Crippen molar-refractivity contribution in [1.29, 1.82) is 0 Å². The first-order valence-electron chi connectivity index (χ1n) is 5.89. The van der Waals surface area contributed by atoms with Crippen LogP contribution in [0.4, 0.5) is 5.82 Å². The fraction of sp³-hybridized carbons (Fsp3) is 0.667. The molecule has 0 fully saturated rings. The zero-order chi connectivity index (χ0) is 10.9. The molecule has 15 heavy (non-hydrogen) atoms. The summed E-state index contributed by atoms with van der Waals surface area (Å²) in [5.74, 6) is 1.06. The highest BCUT2D eigenvalue weighted by atomic mass is 15.2. The number of hydrogen-bond acceptors (Lipinski definition) is 3. The van der Waals surface area contributed by atoms with E-state index in [0.717, 1.165) is 18.9 Å². The number of nitrogens with zero attached hydrogens (tertiary/aromatic N) is 3. The van der Waals surface area contributed by atoms with Crippen LogP contribution < -0.4 is 4.90 Å². The average Bonchev–Trinajstić information content (AvgIpc) is 2.30. The molecule has 3 nitrogen and oxygen atoms in total. The highest BCUT2D eigenvalue weighted by Gasteiger charge is 2.05. The summed E-state index contributed by atoms with van der Waals surface area (Å²) >= 11 is 0. The first-order valence-corrected chi connectivity index (χ1v) is 5.89. The predicted octanol–water partition coefficient (Wildman–Crippen LogP) is 2.88. The van der Waals surface area contributed by atoms with Gasteiger partial charge in [-0.2, -0.15) is 0 Å². The summed E-state index contributed by atoms with van der Waals surface area (Å²) in [6.45, 7) is 6.65. The van der Waals surface area contributed by atoms with Gasteiger partial charge in [-0.1, -0.05) is 26.7 Å². The largest absolute Gasteiger partial charge is 0.357 e. The van der Waals surface area contributed by atoms with Gasteiger partial charge in [0.15, 0.2) is 0 Å². The Morgan fingerprint density at radius 3 is 2.27 bits per heavy atom. The molecule has 1 aromatic heterocycles. The molecule has 84 valence electrons. The van der Waals surface area contributed by atoms with Gasteiger partial charge in [0.25, 0.3) is 0 Å². The van der Waals surface area contributed by atoms with Gasteiger partial charge >= 0.3 is 0 Å². The molecule has 0 aliphatic heterocycles. The summed E-state index contributed by atoms with van der Waals surface area (Å²) in [6, 6.07) is 1.99. The molecule has 3 heteroatoms. The molecule has 0 amide bonds. The van der Waals surface area contributed by atoms with Crippen LogP contribution in [0.5, 0.6) is 0 Å². The summed E-state index contributed by atoms with van der Waals surface area (Å²) < 4.78 is 0. The van der Waals surface area contributed by atoms with Crippen molar-refractivity contribution in [3.63, 3.8) is 0 Å². The minimum atomic E-state index is 1.06. The zero-order valence-electron chi connectivity index (χ0n) is 9.82. The Bertz CT molecular complexity index is 240. The minimum absolute atomic E-state index is 1.06. The van der Waals surface area contributed by atoms with E-state index >= 15 is 0 Å². The molecule has 0 radical (unpaired) electrons. The van der Waals surface area contributed by atoms with Crippen LogP contribution in [0.3, 0.4) is 0 Å². The molecular formula is C12H21N3. The quantitative estimate of drug-likeness (QED) is 0.688. The molecule has 0 spiro atoms. The summed E-state index contributed by atoms with van der Waals surface area (Å²) in [7, 11) is 0. The van der Waals surface area contributed by atoms with Gasteiger partial charge in [-0.3, -0.25) is 0 Å². The van der Waals surface area contributed by atoms with E-state index < -0.39 is 0 Å². The molecule has 1 aromatic rings. The second-order valence-electron chi connectivity index (χ2n) is 3.76. The Hall–Kier alpha value is -1.12. The van der Waals surface area contributed by atoms with Gasteiger partial charge in [-0.25, -0.2) is 9.97 Å². The zero-order valence-corrected chi connectivity index (χ0v) is 9.82. The lowest BCUT2D eigenvalue weighted by Gasteiger charge is -2.22. The number of unbranched alkanes of at least 4 members (excludes halogenated alkanes) is 2. The second-order valence-corrected chi connectivity index (χ2v) is 3.76. The summed E-state index contributed by atoms with van der Waals surface area (Å²) in [6.07, 6.45) is 8.36. The Morgan fingerprint density at radius 2 is 1.80 bits per heavy atom. The highest BCUT2D eigenvalue weighted by Crippen LogP contribution is 2.10. The van der Waals surface area contributed by atoms with Gasteiger partial charge in [0.2, 0.25) is 0 Å². The number of hydrogen-bond donors (Lipinski definition) is 0. The van der Waals surface area contributed by atoms with Crippen LogP contribution in [-0.4, -0.2) is 23.1 Å². The van der Waals surface area contributed by atoms with Gasteiger partial charge in [-0.15, -0.1) is 0 Å². The Labute approximate surface area is 92.6 Å². The molecule has 0 saturated carbocycles. The van der Waals surface area contributed by atoms with E-state index in [1.807, 2.05) is 12.3 Å². The first-order chi connectivity index (χ1) is 7.38. The van der Waals surface area contributed by atoms with E-state index in [9.17, 15) is 0 Å². The molecule has 0 aliphatic rings. The van der Waals surface area contributed by atoms with E-state index in [1.165, 1.54) is 25.7 Å². The SMILES string of the molecule is CCCCN(CCCC)c1ccncn1. The third-order valence-electron chi connectivity index (χ3n) is 2.45. The molecule has 0 N–H and O–H groups in total. The Morgan fingerprint density at radius 1 is 1.13 bits per heavy atom. The van der Waals surface area contributed by atoms with Gasteiger partial charge in [0.1, 0.15) is 12.1 Å². The van der Waals surface area contributed by atoms with Crippen molar-refractivity contribution < 1.29 is 0 Å². The van der Waals surface area contributed by atoms with E-state index in [4.69, 9.17) is 0 Å². The van der Waals surface area contributed by atoms with Gasteiger partial charge < -0.3 is 4.90 Å². The normalized spacial score (nSPS) is 10.3. The van der Waals surface area contributed by atoms with E-state index in [-0.39, 0.29) is 0 Å². The van der Waals surface area contributed by atoms with Crippen LogP contribution in [-0.2, 0) is 0 Å². The maximum atomic E-state index is 4.30. The maximum Gasteiger partial charge on any atom is 0.131 e. The van der Waals surface area contributed by atoms with Crippen molar-refractivity contribution in [3.05, 3.63) is 18.6 Å². The maximum absolute atomic E-state index is 4.30. The van der Waals surface area contributed by atoms with E-state index in [1.54, 1.807) is 6.33 Å². The van der Waals surface area contributed by atoms with Gasteiger partial charge in [-0.05, 0) is 18.9 Å². The molecule has 0 atom stereocenters. The highest BCUT2D eigenvalue weighted by molar-refractivity contribution is 5.35. The van der Waals surface area contributed by atoms with Crippen LogP contribution >= 0.6 is 0 Å². The van der Waals surface area contributed by atoms with Crippen LogP contribution in [0.2, 0.25) is 0 Å². The molecule has 0 aliphatic carbocycles. The van der Waals surface area contributed by atoms with Crippen molar-refractivity contribution in [1.82, 2.24) is 9.97 Å². The number of aromatic nitrogens is 2. The van der Waals surface area contributed by atoms with Crippen molar-refractivity contribution in [2.45, 2.75) is 39.5 Å². The third-order valence-corrected chi connectivity index (χ3v) is 2.45. The molecule has 0 saturated heterocycles. The van der Waals surface area contributed by atoms with Crippen LogP contribution in [0, 0.1) is 0 Å². The summed E-state index contributed by atoms with van der Waals surface area (Å²) in [5.41, 5.74) is 0. The Balaban J connectivity index is 2.55. The third kappa shape index (κ3) is 4.28. The molecule has 1 rings (SSSR count). The lowest BCUT2D eigenvalue weighted by atomic mass is 10.2. The van der Waals surface area contributed by atoms with Crippen LogP contribution in [0.1, 0.15) is 39.5 Å². The molecule has 0 bridgehead atoms. The predicted molar refractivity (Wildman–Crippen MR) is 64.1 cm³/mol. The molecule has 0 aromatic carbocycles. The van der Waals surface area contributed by atoms with E-state index in [2.05, 4.69) is 28.7 Å². The van der Waals surface area contributed by atoms with Crippen molar-refractivity contribution >= 4 is 5.82 Å². The van der Waals surface area contributed by atoms with Crippen molar-refractivity contribution in [2.24, 2.45) is 0 Å². The minimum Gasteiger partial charge on any atom is -0.357 e. The van der Waals surface area contributed by atoms with E-state index in [0.29, 0.717) is 0 Å². The van der Waals surface area contributed by atoms with Crippen molar-refractivity contribution in [2.75, 3.05) is 18.0 Å². The summed E-state index contributed by atoms with van der Waals surface area (Å²) in [4.78, 5) is 10.6. The number of anilines is 1. The standard InChI is InChI=1S/C12H21N3/c1-3-5-9-15(10-6-4-2)12-7-8-13-11-14-12/h7-8,11H,3-6,9-10H2,1-2H3. The second kappa shape index (κ2) is 7.21. The van der Waals surface area contributed by atoms with Crippen LogP contribution in [0.25, 0.3) is 0 Å². The molecule has 0 unspecified atom stereocenters. The fourth-order valence-electron chi connectivity index (χ4n) is 1.51. The van der Waals surface area contributed by atoms with Gasteiger partial charge in [0, 0.05) is 19.3 Å². The molecular weight excluding hydrogens is 186 g/mol. The average molecular weight is 207 g/mol. The summed E-state index contributed by atoms with van der Waals surface area (Å²) in [5, 5.41) is 0. The number of rotatable bonds is 7. The lowest BCUT2D eigenvalue weighted by Crippen LogP contribution is -2.26.